The third kappa shape index (κ3) is 5.27. The van der Waals surface area contributed by atoms with Gasteiger partial charge in [0.05, 0.1) is 6.10 Å². The van der Waals surface area contributed by atoms with Gasteiger partial charge in [-0.2, -0.15) is 0 Å². The maximum absolute atomic E-state index is 12.3. The fourth-order valence-electron chi connectivity index (χ4n) is 2.67. The number of carbonyl (C=O) groups is 1. The van der Waals surface area contributed by atoms with Gasteiger partial charge < -0.3 is 20.7 Å². The molecule has 1 atom stereocenters. The molecular formula is C19H21N3O2S. The molecule has 0 aliphatic carbocycles. The summed E-state index contributed by atoms with van der Waals surface area (Å²) in [4.78, 5) is 12.3. The van der Waals surface area contributed by atoms with Gasteiger partial charge in [-0.1, -0.05) is 24.3 Å². The van der Waals surface area contributed by atoms with Crippen LogP contribution in [0.4, 0.5) is 11.4 Å². The molecule has 1 aliphatic heterocycles. The van der Waals surface area contributed by atoms with Crippen LogP contribution in [-0.4, -0.2) is 30.3 Å². The molecule has 2 aromatic rings. The van der Waals surface area contributed by atoms with E-state index in [4.69, 9.17) is 17.0 Å². The van der Waals surface area contributed by atoms with Crippen LogP contribution in [0.5, 0.6) is 0 Å². The van der Waals surface area contributed by atoms with Gasteiger partial charge in [-0.15, -0.1) is 0 Å². The number of thiocarbonyl (C=S) groups is 1. The van der Waals surface area contributed by atoms with E-state index in [1.807, 2.05) is 42.5 Å². The average molecular weight is 355 g/mol. The molecule has 25 heavy (non-hydrogen) atoms. The largest absolute Gasteiger partial charge is 0.376 e. The number of hydrogen-bond donors (Lipinski definition) is 3. The summed E-state index contributed by atoms with van der Waals surface area (Å²) in [5.41, 5.74) is 2.26. The van der Waals surface area contributed by atoms with E-state index in [2.05, 4.69) is 16.0 Å². The van der Waals surface area contributed by atoms with Gasteiger partial charge in [0, 0.05) is 30.1 Å². The minimum Gasteiger partial charge on any atom is -0.376 e. The van der Waals surface area contributed by atoms with Crippen molar-refractivity contribution in [3.8, 4) is 0 Å². The number of nitrogens with one attached hydrogen (secondary N) is 3. The molecule has 0 aromatic heterocycles. The van der Waals surface area contributed by atoms with Crippen LogP contribution in [0.1, 0.15) is 23.2 Å². The fraction of sp³-hybridized carbons (Fsp3) is 0.263. The van der Waals surface area contributed by atoms with E-state index in [-0.39, 0.29) is 12.0 Å². The predicted molar refractivity (Wildman–Crippen MR) is 104 cm³/mol. The zero-order valence-electron chi connectivity index (χ0n) is 13.8. The lowest BCUT2D eigenvalue weighted by Crippen LogP contribution is -2.31. The van der Waals surface area contributed by atoms with Crippen molar-refractivity contribution in [1.82, 2.24) is 5.32 Å². The van der Waals surface area contributed by atoms with Gasteiger partial charge in [0.2, 0.25) is 0 Å². The first kappa shape index (κ1) is 17.4. The zero-order valence-corrected chi connectivity index (χ0v) is 14.6. The van der Waals surface area contributed by atoms with Crippen molar-refractivity contribution in [1.29, 1.82) is 0 Å². The van der Waals surface area contributed by atoms with Crippen molar-refractivity contribution in [2.75, 3.05) is 23.8 Å². The van der Waals surface area contributed by atoms with Gasteiger partial charge in [-0.25, -0.2) is 0 Å². The molecule has 130 valence electrons. The van der Waals surface area contributed by atoms with Crippen LogP contribution >= 0.6 is 12.2 Å². The normalized spacial score (nSPS) is 16.2. The molecule has 1 unspecified atom stereocenters. The second kappa shape index (κ2) is 8.60. The SMILES string of the molecule is O=C(NCC1CCCO1)c1cccc(NC(=S)Nc2ccccc2)c1. The lowest BCUT2D eigenvalue weighted by atomic mass is 10.1. The third-order valence-corrected chi connectivity index (χ3v) is 4.13. The molecule has 1 aliphatic rings. The monoisotopic (exact) mass is 355 g/mol. The van der Waals surface area contributed by atoms with Crippen molar-refractivity contribution < 1.29 is 9.53 Å². The molecule has 1 heterocycles. The summed E-state index contributed by atoms with van der Waals surface area (Å²) in [7, 11) is 0. The number of benzene rings is 2. The van der Waals surface area contributed by atoms with Gasteiger partial charge in [-0.3, -0.25) is 4.79 Å². The Morgan fingerprint density at radius 3 is 2.60 bits per heavy atom. The number of amides is 1. The summed E-state index contributed by atoms with van der Waals surface area (Å²) in [5, 5.41) is 9.60. The molecule has 0 spiro atoms. The van der Waals surface area contributed by atoms with Crippen molar-refractivity contribution in [2.24, 2.45) is 0 Å². The minimum absolute atomic E-state index is 0.110. The van der Waals surface area contributed by atoms with Crippen LogP contribution in [0, 0.1) is 0 Å². The molecule has 0 saturated carbocycles. The Morgan fingerprint density at radius 2 is 1.84 bits per heavy atom. The van der Waals surface area contributed by atoms with Crippen LogP contribution in [0.15, 0.2) is 54.6 Å². The highest BCUT2D eigenvalue weighted by Crippen LogP contribution is 2.14. The first-order valence-corrected chi connectivity index (χ1v) is 8.74. The Morgan fingerprint density at radius 1 is 1.08 bits per heavy atom. The molecule has 3 N–H and O–H groups in total. The maximum Gasteiger partial charge on any atom is 0.251 e. The van der Waals surface area contributed by atoms with E-state index < -0.39 is 0 Å². The van der Waals surface area contributed by atoms with Crippen molar-refractivity contribution in [3.05, 3.63) is 60.2 Å². The summed E-state index contributed by atoms with van der Waals surface area (Å²) >= 11 is 5.31. The molecule has 5 nitrogen and oxygen atoms in total. The number of para-hydroxylation sites is 1. The van der Waals surface area contributed by atoms with Gasteiger partial charge in [0.1, 0.15) is 0 Å². The maximum atomic E-state index is 12.3. The van der Waals surface area contributed by atoms with E-state index in [0.29, 0.717) is 17.2 Å². The molecule has 6 heteroatoms. The molecule has 0 bridgehead atoms. The lowest BCUT2D eigenvalue weighted by Gasteiger charge is -2.13. The Labute approximate surface area is 152 Å². The van der Waals surface area contributed by atoms with Crippen LogP contribution in [-0.2, 0) is 4.74 Å². The summed E-state index contributed by atoms with van der Waals surface area (Å²) < 4.78 is 5.52. The molecule has 0 radical (unpaired) electrons. The second-order valence-corrected chi connectivity index (χ2v) is 6.28. The summed E-state index contributed by atoms with van der Waals surface area (Å²) in [6.07, 6.45) is 2.19. The number of anilines is 2. The first-order chi connectivity index (χ1) is 12.2. The fourth-order valence-corrected chi connectivity index (χ4v) is 2.90. The standard InChI is InChI=1S/C19H21N3O2S/c23-18(20-13-17-10-5-11-24-17)14-6-4-9-16(12-14)22-19(25)21-15-7-2-1-3-8-15/h1-4,6-9,12,17H,5,10-11,13H2,(H,20,23)(H2,21,22,25). The predicted octanol–water partition coefficient (Wildman–Crippen LogP) is 3.40. The highest BCUT2D eigenvalue weighted by molar-refractivity contribution is 7.80. The average Bonchev–Trinajstić information content (AvgIpc) is 3.14. The van der Waals surface area contributed by atoms with Gasteiger partial charge in [0.25, 0.3) is 5.91 Å². The van der Waals surface area contributed by atoms with E-state index in [1.165, 1.54) is 0 Å². The smallest absolute Gasteiger partial charge is 0.251 e. The zero-order chi connectivity index (χ0) is 17.5. The van der Waals surface area contributed by atoms with Gasteiger partial charge >= 0.3 is 0 Å². The summed E-state index contributed by atoms with van der Waals surface area (Å²) in [5.74, 6) is -0.110. The van der Waals surface area contributed by atoms with E-state index in [0.717, 1.165) is 30.8 Å². The molecule has 1 saturated heterocycles. The van der Waals surface area contributed by atoms with Crippen LogP contribution in [0.2, 0.25) is 0 Å². The molecular weight excluding hydrogens is 334 g/mol. The summed E-state index contributed by atoms with van der Waals surface area (Å²) in [6.45, 7) is 1.33. The Bertz CT molecular complexity index is 730. The number of hydrogen-bond acceptors (Lipinski definition) is 3. The van der Waals surface area contributed by atoms with Crippen LogP contribution < -0.4 is 16.0 Å². The highest BCUT2D eigenvalue weighted by Gasteiger charge is 2.16. The van der Waals surface area contributed by atoms with E-state index >= 15 is 0 Å². The van der Waals surface area contributed by atoms with E-state index in [1.54, 1.807) is 12.1 Å². The van der Waals surface area contributed by atoms with Crippen molar-refractivity contribution >= 4 is 34.6 Å². The van der Waals surface area contributed by atoms with Crippen molar-refractivity contribution in [3.63, 3.8) is 0 Å². The number of ether oxygens (including phenoxy) is 1. The van der Waals surface area contributed by atoms with Gasteiger partial charge in [0.15, 0.2) is 5.11 Å². The Balaban J connectivity index is 1.55. The van der Waals surface area contributed by atoms with Gasteiger partial charge in [-0.05, 0) is 55.4 Å². The topological polar surface area (TPSA) is 62.4 Å². The quantitative estimate of drug-likeness (QED) is 0.718. The molecule has 1 fully saturated rings. The minimum atomic E-state index is -0.110. The van der Waals surface area contributed by atoms with E-state index in [9.17, 15) is 4.79 Å². The summed E-state index contributed by atoms with van der Waals surface area (Å²) in [6, 6.07) is 16.9. The molecule has 2 aromatic carbocycles. The van der Waals surface area contributed by atoms with Crippen molar-refractivity contribution in [2.45, 2.75) is 18.9 Å². The molecule has 1 amide bonds. The Kier molecular flexibility index (Phi) is 5.98. The third-order valence-electron chi connectivity index (χ3n) is 3.93. The lowest BCUT2D eigenvalue weighted by molar-refractivity contribution is 0.0858. The first-order valence-electron chi connectivity index (χ1n) is 8.33. The Hall–Kier alpha value is -2.44. The van der Waals surface area contributed by atoms with Crippen LogP contribution in [0.25, 0.3) is 0 Å². The molecule has 3 rings (SSSR count). The second-order valence-electron chi connectivity index (χ2n) is 5.87. The highest BCUT2D eigenvalue weighted by atomic mass is 32.1. The number of carbonyl (C=O) groups excluding carboxylic acids is 1. The van der Waals surface area contributed by atoms with Crippen LogP contribution in [0.3, 0.4) is 0 Å². The number of rotatable bonds is 5.